The lowest BCUT2D eigenvalue weighted by molar-refractivity contribution is 0.614. The van der Waals surface area contributed by atoms with Crippen LogP contribution in [0, 0.1) is 12.7 Å². The SMILES string of the molecule is CNC(c1ccc(F)c(C)c1)c1cc2c(s1)CCSC2. The van der Waals surface area contributed by atoms with Gasteiger partial charge in [-0.15, -0.1) is 11.3 Å². The van der Waals surface area contributed by atoms with Crippen molar-refractivity contribution < 1.29 is 4.39 Å². The highest BCUT2D eigenvalue weighted by Gasteiger charge is 2.20. The quantitative estimate of drug-likeness (QED) is 0.907. The lowest BCUT2D eigenvalue weighted by Gasteiger charge is -2.16. The van der Waals surface area contributed by atoms with E-state index in [2.05, 4.69) is 11.4 Å². The monoisotopic (exact) mass is 307 g/mol. The maximum absolute atomic E-state index is 13.4. The molecule has 1 atom stereocenters. The van der Waals surface area contributed by atoms with Crippen molar-refractivity contribution in [2.45, 2.75) is 25.1 Å². The molecule has 1 N–H and O–H groups in total. The van der Waals surface area contributed by atoms with Gasteiger partial charge in [0.1, 0.15) is 5.82 Å². The molecule has 106 valence electrons. The Morgan fingerprint density at radius 1 is 1.30 bits per heavy atom. The predicted molar refractivity (Wildman–Crippen MR) is 86.2 cm³/mol. The van der Waals surface area contributed by atoms with Gasteiger partial charge in [-0.05, 0) is 55.0 Å². The Morgan fingerprint density at radius 3 is 2.85 bits per heavy atom. The molecule has 2 aromatic rings. The molecule has 0 saturated heterocycles. The summed E-state index contributed by atoms with van der Waals surface area (Å²) in [5, 5.41) is 3.37. The number of benzene rings is 1. The molecule has 0 saturated carbocycles. The molecule has 1 unspecified atom stereocenters. The first-order valence-corrected chi connectivity index (χ1v) is 8.78. The van der Waals surface area contributed by atoms with Crippen molar-refractivity contribution in [3.63, 3.8) is 0 Å². The Hall–Kier alpha value is -0.840. The van der Waals surface area contributed by atoms with Gasteiger partial charge >= 0.3 is 0 Å². The van der Waals surface area contributed by atoms with E-state index in [0.717, 1.165) is 11.3 Å². The maximum atomic E-state index is 13.4. The van der Waals surface area contributed by atoms with E-state index in [1.54, 1.807) is 6.07 Å². The van der Waals surface area contributed by atoms with Crippen LogP contribution in [0.5, 0.6) is 0 Å². The van der Waals surface area contributed by atoms with Crippen molar-refractivity contribution in [2.75, 3.05) is 12.8 Å². The zero-order valence-corrected chi connectivity index (χ0v) is 13.3. The summed E-state index contributed by atoms with van der Waals surface area (Å²) >= 11 is 3.91. The van der Waals surface area contributed by atoms with Gasteiger partial charge in [-0.2, -0.15) is 11.8 Å². The number of halogens is 1. The third kappa shape index (κ3) is 2.65. The molecule has 20 heavy (non-hydrogen) atoms. The fourth-order valence-electron chi connectivity index (χ4n) is 2.63. The fourth-order valence-corrected chi connectivity index (χ4v) is 5.15. The number of nitrogens with one attached hydrogen (secondary N) is 1. The van der Waals surface area contributed by atoms with Crippen LogP contribution >= 0.6 is 23.1 Å². The van der Waals surface area contributed by atoms with Gasteiger partial charge in [0.15, 0.2) is 0 Å². The van der Waals surface area contributed by atoms with E-state index in [1.165, 1.54) is 27.5 Å². The number of fused-ring (bicyclic) bond motifs is 1. The Morgan fingerprint density at radius 2 is 2.15 bits per heavy atom. The molecule has 3 rings (SSSR count). The molecule has 1 nitrogen and oxygen atoms in total. The molecular weight excluding hydrogens is 289 g/mol. The standard InChI is InChI=1S/C16H18FNS2/c1-10-7-11(3-4-13(10)17)16(18-2)15-8-12-9-19-6-5-14(12)20-15/h3-4,7-8,16,18H,5-6,9H2,1-2H3. The normalized spacial score (nSPS) is 15.9. The summed E-state index contributed by atoms with van der Waals surface area (Å²) in [6, 6.07) is 7.89. The molecule has 1 aromatic heterocycles. The van der Waals surface area contributed by atoms with Gasteiger partial charge in [-0.1, -0.05) is 12.1 Å². The number of thiophene rings is 1. The van der Waals surface area contributed by atoms with Crippen LogP contribution in [0.3, 0.4) is 0 Å². The summed E-state index contributed by atoms with van der Waals surface area (Å²) in [5.41, 5.74) is 3.33. The van der Waals surface area contributed by atoms with E-state index < -0.39 is 0 Å². The molecule has 0 amide bonds. The molecule has 1 aliphatic rings. The first-order chi connectivity index (χ1) is 9.69. The fraction of sp³-hybridized carbons (Fsp3) is 0.375. The highest BCUT2D eigenvalue weighted by atomic mass is 32.2. The minimum atomic E-state index is -0.134. The lowest BCUT2D eigenvalue weighted by Crippen LogP contribution is -2.16. The smallest absolute Gasteiger partial charge is 0.126 e. The zero-order valence-electron chi connectivity index (χ0n) is 11.7. The first kappa shape index (κ1) is 14.1. The minimum absolute atomic E-state index is 0.134. The number of rotatable bonds is 3. The maximum Gasteiger partial charge on any atom is 0.126 e. The number of hydrogen-bond donors (Lipinski definition) is 1. The summed E-state index contributed by atoms with van der Waals surface area (Å²) < 4.78 is 13.4. The predicted octanol–water partition coefficient (Wildman–Crippen LogP) is 4.29. The second-order valence-corrected chi connectivity index (χ2v) is 7.40. The van der Waals surface area contributed by atoms with Gasteiger partial charge in [0, 0.05) is 15.5 Å². The van der Waals surface area contributed by atoms with Crippen LogP contribution in [0.4, 0.5) is 4.39 Å². The molecule has 0 bridgehead atoms. The van der Waals surface area contributed by atoms with Gasteiger partial charge < -0.3 is 5.32 Å². The largest absolute Gasteiger partial charge is 0.309 e. The number of hydrogen-bond acceptors (Lipinski definition) is 3. The van der Waals surface area contributed by atoms with Crippen molar-refractivity contribution in [1.29, 1.82) is 0 Å². The van der Waals surface area contributed by atoms with Crippen LogP contribution in [0.2, 0.25) is 0 Å². The van der Waals surface area contributed by atoms with E-state index in [9.17, 15) is 4.39 Å². The third-order valence-electron chi connectivity index (χ3n) is 3.74. The highest BCUT2D eigenvalue weighted by Crippen LogP contribution is 2.36. The van der Waals surface area contributed by atoms with E-state index >= 15 is 0 Å². The topological polar surface area (TPSA) is 12.0 Å². The van der Waals surface area contributed by atoms with E-state index in [4.69, 9.17) is 0 Å². The third-order valence-corrected chi connectivity index (χ3v) is 6.05. The molecule has 0 fully saturated rings. The van der Waals surface area contributed by atoms with Gasteiger partial charge in [0.05, 0.1) is 6.04 Å². The van der Waals surface area contributed by atoms with Crippen LogP contribution in [0.1, 0.15) is 32.5 Å². The zero-order chi connectivity index (χ0) is 14.1. The summed E-state index contributed by atoms with van der Waals surface area (Å²) in [5.74, 6) is 2.22. The van der Waals surface area contributed by atoms with Gasteiger partial charge in [0.2, 0.25) is 0 Å². The van der Waals surface area contributed by atoms with E-state index in [-0.39, 0.29) is 11.9 Å². The minimum Gasteiger partial charge on any atom is -0.309 e. The van der Waals surface area contributed by atoms with Crippen molar-refractivity contribution in [3.05, 3.63) is 56.5 Å². The first-order valence-electron chi connectivity index (χ1n) is 6.81. The van der Waals surface area contributed by atoms with Gasteiger partial charge in [0.25, 0.3) is 0 Å². The number of aryl methyl sites for hydroxylation is 2. The van der Waals surface area contributed by atoms with Crippen molar-refractivity contribution in [2.24, 2.45) is 0 Å². The Labute approximate surface area is 127 Å². The van der Waals surface area contributed by atoms with Crippen LogP contribution in [0.25, 0.3) is 0 Å². The molecule has 0 aliphatic carbocycles. The van der Waals surface area contributed by atoms with Crippen LogP contribution in [0.15, 0.2) is 24.3 Å². The Balaban J connectivity index is 1.96. The van der Waals surface area contributed by atoms with Gasteiger partial charge in [-0.3, -0.25) is 0 Å². The lowest BCUT2D eigenvalue weighted by atomic mass is 10.0. The van der Waals surface area contributed by atoms with Crippen molar-refractivity contribution in [3.8, 4) is 0 Å². The summed E-state index contributed by atoms with van der Waals surface area (Å²) in [6.45, 7) is 1.82. The molecule has 4 heteroatoms. The molecule has 0 radical (unpaired) electrons. The molecular formula is C16H18FNS2. The van der Waals surface area contributed by atoms with E-state index in [1.807, 2.05) is 49.2 Å². The van der Waals surface area contributed by atoms with Crippen molar-refractivity contribution in [1.82, 2.24) is 5.32 Å². The van der Waals surface area contributed by atoms with Crippen molar-refractivity contribution >= 4 is 23.1 Å². The Bertz CT molecular complexity index is 597. The second-order valence-electron chi connectivity index (χ2n) is 5.13. The highest BCUT2D eigenvalue weighted by molar-refractivity contribution is 7.98. The van der Waals surface area contributed by atoms with Crippen LogP contribution in [-0.2, 0) is 12.2 Å². The molecule has 1 aromatic carbocycles. The average molecular weight is 307 g/mol. The Kier molecular flexibility index (Phi) is 4.15. The average Bonchev–Trinajstić information content (AvgIpc) is 2.87. The second kappa shape index (κ2) is 5.88. The van der Waals surface area contributed by atoms with Crippen LogP contribution < -0.4 is 5.32 Å². The summed E-state index contributed by atoms with van der Waals surface area (Å²) in [6.07, 6.45) is 1.18. The molecule has 1 aliphatic heterocycles. The molecule has 0 spiro atoms. The number of thioether (sulfide) groups is 1. The summed E-state index contributed by atoms with van der Waals surface area (Å²) in [4.78, 5) is 2.86. The van der Waals surface area contributed by atoms with E-state index in [0.29, 0.717) is 5.56 Å². The van der Waals surface area contributed by atoms with Gasteiger partial charge in [-0.25, -0.2) is 4.39 Å². The van der Waals surface area contributed by atoms with Crippen LogP contribution in [-0.4, -0.2) is 12.8 Å². The molecule has 2 heterocycles. The summed E-state index contributed by atoms with van der Waals surface area (Å²) in [7, 11) is 1.97.